The summed E-state index contributed by atoms with van der Waals surface area (Å²) in [6.07, 6.45) is 0. The van der Waals surface area contributed by atoms with E-state index in [9.17, 15) is 13.6 Å². The first-order valence-electron chi connectivity index (χ1n) is 9.78. The average Bonchev–Trinajstić information content (AvgIpc) is 3.12. The molecule has 1 aliphatic heterocycles. The van der Waals surface area contributed by atoms with Crippen molar-refractivity contribution in [3.05, 3.63) is 101 Å². The zero-order valence-electron chi connectivity index (χ0n) is 16.6. The van der Waals surface area contributed by atoms with Crippen LogP contribution in [-0.2, 0) is 4.79 Å². The fourth-order valence-corrected chi connectivity index (χ4v) is 3.98. The monoisotopic (exact) mass is 416 g/mol. The van der Waals surface area contributed by atoms with Crippen LogP contribution < -0.4 is 10.6 Å². The van der Waals surface area contributed by atoms with E-state index in [1.165, 1.54) is 36.4 Å². The lowest BCUT2D eigenvalue weighted by Gasteiger charge is -2.30. The third-order valence-electron chi connectivity index (χ3n) is 5.34. The summed E-state index contributed by atoms with van der Waals surface area (Å²) in [5.74, 6) is -0.571. The molecule has 31 heavy (non-hydrogen) atoms. The molecule has 3 aromatic carbocycles. The van der Waals surface area contributed by atoms with E-state index in [2.05, 4.69) is 15.6 Å². The SMILES string of the molecule is CC1=C(C(=O)Nc2ccc(F)cc2)[C@@H](c2cccc(F)c2)n2c(nc3ccccc32)N1. The molecule has 1 atom stereocenters. The Morgan fingerprint density at radius 1 is 1.00 bits per heavy atom. The van der Waals surface area contributed by atoms with Gasteiger partial charge in [-0.1, -0.05) is 24.3 Å². The number of anilines is 2. The lowest BCUT2D eigenvalue weighted by Crippen LogP contribution is -2.31. The Hall–Kier alpha value is -4.00. The summed E-state index contributed by atoms with van der Waals surface area (Å²) in [5, 5.41) is 6.03. The summed E-state index contributed by atoms with van der Waals surface area (Å²) >= 11 is 0. The molecule has 1 aliphatic rings. The molecule has 0 saturated carbocycles. The fourth-order valence-electron chi connectivity index (χ4n) is 3.98. The molecule has 154 valence electrons. The summed E-state index contributed by atoms with van der Waals surface area (Å²) in [7, 11) is 0. The molecule has 1 amide bonds. The van der Waals surface area contributed by atoms with Crippen LogP contribution in [0.25, 0.3) is 11.0 Å². The van der Waals surface area contributed by atoms with Gasteiger partial charge in [0.15, 0.2) is 0 Å². The number of nitrogens with zero attached hydrogens (tertiary/aromatic N) is 2. The number of benzene rings is 3. The highest BCUT2D eigenvalue weighted by Gasteiger charge is 2.34. The minimum Gasteiger partial charge on any atom is -0.329 e. The molecule has 2 N–H and O–H groups in total. The van der Waals surface area contributed by atoms with Crippen molar-refractivity contribution in [2.45, 2.75) is 13.0 Å². The Labute approximate surface area is 177 Å². The van der Waals surface area contributed by atoms with Gasteiger partial charge in [-0.15, -0.1) is 0 Å². The topological polar surface area (TPSA) is 59.0 Å². The molecule has 2 heterocycles. The number of imidazole rings is 1. The highest BCUT2D eigenvalue weighted by Crippen LogP contribution is 2.39. The van der Waals surface area contributed by atoms with Crippen LogP contribution in [0.1, 0.15) is 18.5 Å². The summed E-state index contributed by atoms with van der Waals surface area (Å²) < 4.78 is 29.3. The molecule has 0 aliphatic carbocycles. The summed E-state index contributed by atoms with van der Waals surface area (Å²) in [4.78, 5) is 18.0. The number of hydrogen-bond donors (Lipinski definition) is 2. The highest BCUT2D eigenvalue weighted by atomic mass is 19.1. The number of amides is 1. The second-order valence-corrected chi connectivity index (χ2v) is 7.38. The maximum Gasteiger partial charge on any atom is 0.255 e. The van der Waals surface area contributed by atoms with Crippen molar-refractivity contribution < 1.29 is 13.6 Å². The van der Waals surface area contributed by atoms with Gasteiger partial charge in [0, 0.05) is 11.4 Å². The Kier molecular flexibility index (Phi) is 4.51. The number of para-hydroxylation sites is 2. The largest absolute Gasteiger partial charge is 0.329 e. The number of carbonyl (C=O) groups is 1. The first-order valence-corrected chi connectivity index (χ1v) is 9.78. The number of fused-ring (bicyclic) bond motifs is 3. The minimum atomic E-state index is -0.597. The molecular weight excluding hydrogens is 398 g/mol. The maximum absolute atomic E-state index is 14.2. The molecule has 5 nitrogen and oxygen atoms in total. The Morgan fingerprint density at radius 2 is 1.77 bits per heavy atom. The van der Waals surface area contributed by atoms with E-state index in [-0.39, 0.29) is 11.7 Å². The van der Waals surface area contributed by atoms with Crippen LogP contribution in [-0.4, -0.2) is 15.5 Å². The molecule has 0 spiro atoms. The van der Waals surface area contributed by atoms with Gasteiger partial charge in [-0.3, -0.25) is 9.36 Å². The van der Waals surface area contributed by atoms with Crippen molar-refractivity contribution in [1.29, 1.82) is 0 Å². The lowest BCUT2D eigenvalue weighted by molar-refractivity contribution is -0.113. The van der Waals surface area contributed by atoms with E-state index < -0.39 is 11.9 Å². The van der Waals surface area contributed by atoms with Crippen LogP contribution in [0.5, 0.6) is 0 Å². The molecule has 4 aromatic rings. The Morgan fingerprint density at radius 3 is 2.55 bits per heavy atom. The van der Waals surface area contributed by atoms with Crippen molar-refractivity contribution in [2.75, 3.05) is 10.6 Å². The Bertz CT molecular complexity index is 1340. The summed E-state index contributed by atoms with van der Waals surface area (Å²) in [6, 6.07) is 18.7. The average molecular weight is 416 g/mol. The van der Waals surface area contributed by atoms with Gasteiger partial charge in [-0.05, 0) is 61.0 Å². The van der Waals surface area contributed by atoms with Crippen LogP contribution in [0.4, 0.5) is 20.4 Å². The number of rotatable bonds is 3. The normalized spacial score (nSPS) is 15.5. The molecule has 0 radical (unpaired) electrons. The second-order valence-electron chi connectivity index (χ2n) is 7.38. The molecule has 0 fully saturated rings. The standard InChI is InChI=1S/C24H18F2N4O/c1-14-21(23(31)28-18-11-9-16(25)10-12-18)22(15-5-4-6-17(26)13-15)30-20-8-3-2-7-19(20)29-24(30)27-14/h2-13,22H,1H3,(H,27,29)(H,28,31)/t22-/m1/s1. The smallest absolute Gasteiger partial charge is 0.255 e. The summed E-state index contributed by atoms with van der Waals surface area (Å²) in [6.45, 7) is 1.79. The first-order chi connectivity index (χ1) is 15.0. The molecule has 0 saturated heterocycles. The van der Waals surface area contributed by atoms with Gasteiger partial charge >= 0.3 is 0 Å². The lowest BCUT2D eigenvalue weighted by atomic mass is 9.94. The molecule has 0 bridgehead atoms. The van der Waals surface area contributed by atoms with Crippen molar-refractivity contribution in [3.8, 4) is 0 Å². The number of hydrogen-bond acceptors (Lipinski definition) is 3. The number of carbonyl (C=O) groups excluding carboxylic acids is 1. The second kappa shape index (κ2) is 7.36. The number of aromatic nitrogens is 2. The quantitative estimate of drug-likeness (QED) is 0.480. The number of halogens is 2. The Balaban J connectivity index is 1.66. The van der Waals surface area contributed by atoms with Crippen molar-refractivity contribution in [3.63, 3.8) is 0 Å². The third kappa shape index (κ3) is 3.34. The summed E-state index contributed by atoms with van der Waals surface area (Å²) in [5.41, 5.74) is 3.70. The van der Waals surface area contributed by atoms with Crippen molar-refractivity contribution in [2.24, 2.45) is 0 Å². The van der Waals surface area contributed by atoms with Gasteiger partial charge in [0.05, 0.1) is 22.6 Å². The predicted molar refractivity (Wildman–Crippen MR) is 116 cm³/mol. The zero-order chi connectivity index (χ0) is 21.5. The van der Waals surface area contributed by atoms with Crippen molar-refractivity contribution in [1.82, 2.24) is 9.55 Å². The van der Waals surface area contributed by atoms with Gasteiger partial charge in [0.25, 0.3) is 5.91 Å². The van der Waals surface area contributed by atoms with E-state index >= 15 is 0 Å². The molecular formula is C24H18F2N4O. The first kappa shape index (κ1) is 19.0. The highest BCUT2D eigenvalue weighted by molar-refractivity contribution is 6.06. The van der Waals surface area contributed by atoms with E-state index in [1.54, 1.807) is 19.1 Å². The van der Waals surface area contributed by atoms with Crippen LogP contribution in [0.15, 0.2) is 84.1 Å². The molecule has 7 heteroatoms. The third-order valence-corrected chi connectivity index (χ3v) is 5.34. The predicted octanol–water partition coefficient (Wildman–Crippen LogP) is 5.24. The van der Waals surface area contributed by atoms with E-state index in [0.717, 1.165) is 11.0 Å². The van der Waals surface area contributed by atoms with Gasteiger partial charge in [-0.2, -0.15) is 0 Å². The number of allylic oxidation sites excluding steroid dienone is 1. The van der Waals surface area contributed by atoms with Crippen LogP contribution in [0, 0.1) is 11.6 Å². The molecule has 5 rings (SSSR count). The van der Waals surface area contributed by atoms with Crippen molar-refractivity contribution >= 4 is 28.6 Å². The van der Waals surface area contributed by atoms with Gasteiger partial charge < -0.3 is 10.6 Å². The van der Waals surface area contributed by atoms with Crippen LogP contribution in [0.2, 0.25) is 0 Å². The fraction of sp³-hybridized carbons (Fsp3) is 0.0833. The van der Waals surface area contributed by atoms with E-state index in [1.807, 2.05) is 28.8 Å². The van der Waals surface area contributed by atoms with E-state index in [4.69, 9.17) is 0 Å². The van der Waals surface area contributed by atoms with Gasteiger partial charge in [0.2, 0.25) is 5.95 Å². The van der Waals surface area contributed by atoms with Gasteiger partial charge in [-0.25, -0.2) is 13.8 Å². The molecule has 1 aromatic heterocycles. The van der Waals surface area contributed by atoms with Crippen LogP contribution in [0.3, 0.4) is 0 Å². The van der Waals surface area contributed by atoms with Crippen LogP contribution >= 0.6 is 0 Å². The van der Waals surface area contributed by atoms with Gasteiger partial charge in [0.1, 0.15) is 11.6 Å². The minimum absolute atomic E-state index is 0.366. The molecule has 0 unspecified atom stereocenters. The number of nitrogens with one attached hydrogen (secondary N) is 2. The maximum atomic E-state index is 14.2. The van der Waals surface area contributed by atoms with E-state index in [0.29, 0.717) is 28.5 Å². The zero-order valence-corrected chi connectivity index (χ0v) is 16.6.